The summed E-state index contributed by atoms with van der Waals surface area (Å²) in [6, 6.07) is 0. The zero-order chi connectivity index (χ0) is 10.3. The zero-order valence-electron chi connectivity index (χ0n) is 9.05. The predicted molar refractivity (Wildman–Crippen MR) is 55.7 cm³/mol. The quantitative estimate of drug-likeness (QED) is 0.488. The standard InChI is InChI=1S/C11H22O2/c1-5-10(12)11(2,3)8-6-7-9-13-4/h5,10,12H,1,6-9H2,2-4H3. The van der Waals surface area contributed by atoms with Crippen LogP contribution in [0.15, 0.2) is 12.7 Å². The normalized spacial score (nSPS) is 14.2. The van der Waals surface area contributed by atoms with Gasteiger partial charge in [-0.3, -0.25) is 0 Å². The molecule has 0 fully saturated rings. The monoisotopic (exact) mass is 186 g/mol. The van der Waals surface area contributed by atoms with Gasteiger partial charge in [-0.15, -0.1) is 6.58 Å². The lowest BCUT2D eigenvalue weighted by molar-refractivity contribution is 0.0789. The van der Waals surface area contributed by atoms with E-state index in [2.05, 4.69) is 20.4 Å². The molecule has 0 heterocycles. The Morgan fingerprint density at radius 1 is 1.46 bits per heavy atom. The Balaban J connectivity index is 3.68. The Labute approximate surface area is 81.6 Å². The molecule has 0 aliphatic heterocycles. The van der Waals surface area contributed by atoms with Gasteiger partial charge in [0.2, 0.25) is 0 Å². The smallest absolute Gasteiger partial charge is 0.0769 e. The highest BCUT2D eigenvalue weighted by molar-refractivity contribution is 4.90. The number of methoxy groups -OCH3 is 1. The molecule has 2 heteroatoms. The first kappa shape index (κ1) is 12.7. The molecule has 0 aliphatic carbocycles. The Hall–Kier alpha value is -0.340. The summed E-state index contributed by atoms with van der Waals surface area (Å²) < 4.78 is 4.96. The van der Waals surface area contributed by atoms with Crippen molar-refractivity contribution in [2.45, 2.75) is 39.2 Å². The third-order valence-electron chi connectivity index (χ3n) is 2.44. The van der Waals surface area contributed by atoms with Gasteiger partial charge in [-0.05, 0) is 18.3 Å². The highest BCUT2D eigenvalue weighted by atomic mass is 16.5. The lowest BCUT2D eigenvalue weighted by Crippen LogP contribution is -2.27. The van der Waals surface area contributed by atoms with E-state index in [9.17, 15) is 5.11 Å². The average Bonchev–Trinajstić information content (AvgIpc) is 2.11. The van der Waals surface area contributed by atoms with Crippen LogP contribution in [0, 0.1) is 5.41 Å². The van der Waals surface area contributed by atoms with Gasteiger partial charge < -0.3 is 9.84 Å². The van der Waals surface area contributed by atoms with Crippen LogP contribution in [0.1, 0.15) is 33.1 Å². The Kier molecular flexibility index (Phi) is 6.00. The maximum Gasteiger partial charge on any atom is 0.0769 e. The van der Waals surface area contributed by atoms with E-state index < -0.39 is 6.10 Å². The fraction of sp³-hybridized carbons (Fsp3) is 0.818. The maximum atomic E-state index is 9.59. The summed E-state index contributed by atoms with van der Waals surface area (Å²) in [7, 11) is 1.71. The van der Waals surface area contributed by atoms with Crippen molar-refractivity contribution in [2.24, 2.45) is 5.41 Å². The number of rotatable bonds is 7. The van der Waals surface area contributed by atoms with E-state index in [0.717, 1.165) is 25.9 Å². The van der Waals surface area contributed by atoms with Gasteiger partial charge in [0.15, 0.2) is 0 Å². The summed E-state index contributed by atoms with van der Waals surface area (Å²) in [5.41, 5.74) is -0.0600. The molecule has 0 saturated heterocycles. The fourth-order valence-electron chi connectivity index (χ4n) is 1.29. The summed E-state index contributed by atoms with van der Waals surface area (Å²) in [5.74, 6) is 0. The number of aliphatic hydroxyl groups excluding tert-OH is 1. The molecule has 0 bridgehead atoms. The van der Waals surface area contributed by atoms with Gasteiger partial charge in [-0.25, -0.2) is 0 Å². The van der Waals surface area contributed by atoms with E-state index in [1.807, 2.05) is 0 Å². The van der Waals surface area contributed by atoms with Crippen molar-refractivity contribution >= 4 is 0 Å². The molecule has 0 aromatic heterocycles. The summed E-state index contributed by atoms with van der Waals surface area (Å²) in [5, 5.41) is 9.59. The topological polar surface area (TPSA) is 29.5 Å². The molecule has 0 aromatic rings. The largest absolute Gasteiger partial charge is 0.388 e. The van der Waals surface area contributed by atoms with E-state index in [0.29, 0.717) is 0 Å². The molecule has 0 saturated carbocycles. The maximum absolute atomic E-state index is 9.59. The third kappa shape index (κ3) is 5.06. The lowest BCUT2D eigenvalue weighted by atomic mass is 9.81. The van der Waals surface area contributed by atoms with Crippen molar-refractivity contribution in [3.8, 4) is 0 Å². The van der Waals surface area contributed by atoms with Crippen LogP contribution < -0.4 is 0 Å². The van der Waals surface area contributed by atoms with Crippen molar-refractivity contribution in [3.05, 3.63) is 12.7 Å². The second kappa shape index (κ2) is 6.17. The summed E-state index contributed by atoms with van der Waals surface area (Å²) in [6.07, 6.45) is 4.35. The van der Waals surface area contributed by atoms with E-state index in [-0.39, 0.29) is 5.41 Å². The van der Waals surface area contributed by atoms with Crippen LogP contribution in [0.3, 0.4) is 0 Å². The van der Waals surface area contributed by atoms with Gasteiger partial charge in [-0.1, -0.05) is 26.3 Å². The van der Waals surface area contributed by atoms with Crippen LogP contribution in [-0.4, -0.2) is 24.9 Å². The Bertz CT molecular complexity index is 141. The Morgan fingerprint density at radius 2 is 2.08 bits per heavy atom. The van der Waals surface area contributed by atoms with Crippen molar-refractivity contribution in [1.29, 1.82) is 0 Å². The number of unbranched alkanes of at least 4 members (excludes halogenated alkanes) is 1. The number of ether oxygens (including phenoxy) is 1. The van der Waals surface area contributed by atoms with Crippen LogP contribution in [0.25, 0.3) is 0 Å². The van der Waals surface area contributed by atoms with Gasteiger partial charge in [0.25, 0.3) is 0 Å². The van der Waals surface area contributed by atoms with Gasteiger partial charge in [0.1, 0.15) is 0 Å². The molecular weight excluding hydrogens is 164 g/mol. The van der Waals surface area contributed by atoms with Crippen LogP contribution in [-0.2, 0) is 4.74 Å². The molecule has 1 N–H and O–H groups in total. The molecule has 0 spiro atoms. The molecule has 0 amide bonds. The first-order valence-corrected chi connectivity index (χ1v) is 4.84. The van der Waals surface area contributed by atoms with Gasteiger partial charge >= 0.3 is 0 Å². The van der Waals surface area contributed by atoms with E-state index in [1.165, 1.54) is 0 Å². The minimum absolute atomic E-state index is 0.0600. The Morgan fingerprint density at radius 3 is 2.54 bits per heavy atom. The van der Waals surface area contributed by atoms with Crippen LogP contribution >= 0.6 is 0 Å². The number of hydrogen-bond acceptors (Lipinski definition) is 2. The lowest BCUT2D eigenvalue weighted by Gasteiger charge is -2.28. The summed E-state index contributed by atoms with van der Waals surface area (Å²) in [6.45, 7) is 8.53. The first-order chi connectivity index (χ1) is 6.04. The second-order valence-electron chi connectivity index (χ2n) is 4.12. The fourth-order valence-corrected chi connectivity index (χ4v) is 1.29. The molecule has 2 nitrogen and oxygen atoms in total. The van der Waals surface area contributed by atoms with E-state index >= 15 is 0 Å². The van der Waals surface area contributed by atoms with Crippen LogP contribution in [0.5, 0.6) is 0 Å². The minimum atomic E-state index is -0.407. The first-order valence-electron chi connectivity index (χ1n) is 4.84. The number of hydrogen-bond donors (Lipinski definition) is 1. The summed E-state index contributed by atoms with van der Waals surface area (Å²) >= 11 is 0. The minimum Gasteiger partial charge on any atom is -0.388 e. The molecule has 1 atom stereocenters. The van der Waals surface area contributed by atoms with Crippen LogP contribution in [0.4, 0.5) is 0 Å². The summed E-state index contributed by atoms with van der Waals surface area (Å²) in [4.78, 5) is 0. The van der Waals surface area contributed by atoms with E-state index in [4.69, 9.17) is 4.74 Å². The molecule has 1 unspecified atom stereocenters. The number of aliphatic hydroxyl groups is 1. The molecule has 0 rings (SSSR count). The molecule has 13 heavy (non-hydrogen) atoms. The van der Waals surface area contributed by atoms with Crippen molar-refractivity contribution in [2.75, 3.05) is 13.7 Å². The van der Waals surface area contributed by atoms with Crippen molar-refractivity contribution < 1.29 is 9.84 Å². The highest BCUT2D eigenvalue weighted by Crippen LogP contribution is 2.28. The molecule has 0 aromatic carbocycles. The second-order valence-corrected chi connectivity index (χ2v) is 4.12. The zero-order valence-corrected chi connectivity index (χ0v) is 9.05. The van der Waals surface area contributed by atoms with Gasteiger partial charge in [-0.2, -0.15) is 0 Å². The average molecular weight is 186 g/mol. The van der Waals surface area contributed by atoms with Gasteiger partial charge in [0, 0.05) is 13.7 Å². The predicted octanol–water partition coefficient (Wildman–Crippen LogP) is 2.38. The molecule has 0 aliphatic rings. The van der Waals surface area contributed by atoms with Crippen molar-refractivity contribution in [3.63, 3.8) is 0 Å². The van der Waals surface area contributed by atoms with Gasteiger partial charge in [0.05, 0.1) is 6.10 Å². The highest BCUT2D eigenvalue weighted by Gasteiger charge is 2.24. The van der Waals surface area contributed by atoms with Crippen LogP contribution in [0.2, 0.25) is 0 Å². The SMILES string of the molecule is C=CC(O)C(C)(C)CCCCOC. The molecule has 78 valence electrons. The third-order valence-corrected chi connectivity index (χ3v) is 2.44. The van der Waals surface area contributed by atoms with Crippen molar-refractivity contribution in [1.82, 2.24) is 0 Å². The van der Waals surface area contributed by atoms with E-state index in [1.54, 1.807) is 13.2 Å². The molecular formula is C11H22O2. The molecule has 0 radical (unpaired) electrons.